The predicted octanol–water partition coefficient (Wildman–Crippen LogP) is 1.20. The maximum atomic E-state index is 12.3. The lowest BCUT2D eigenvalue weighted by molar-refractivity contribution is -0.139. The molecule has 0 aromatic carbocycles. The number of carbonyl (C=O) groups is 2. The molecule has 2 N–H and O–H groups in total. The summed E-state index contributed by atoms with van der Waals surface area (Å²) in [7, 11) is 0. The van der Waals surface area contributed by atoms with Crippen molar-refractivity contribution in [2.45, 2.75) is 51.1 Å². The third-order valence-corrected chi connectivity index (χ3v) is 4.10. The van der Waals surface area contributed by atoms with Crippen molar-refractivity contribution >= 4 is 11.9 Å². The lowest BCUT2D eigenvalue weighted by Crippen LogP contribution is -2.41. The molecule has 6 nitrogen and oxygen atoms in total. The Bertz CT molecular complexity index is 534. The van der Waals surface area contributed by atoms with E-state index in [9.17, 15) is 14.7 Å². The highest BCUT2D eigenvalue weighted by atomic mass is 16.4. The van der Waals surface area contributed by atoms with E-state index in [0.717, 1.165) is 44.3 Å². The van der Waals surface area contributed by atoms with Gasteiger partial charge >= 0.3 is 5.97 Å². The first-order valence-corrected chi connectivity index (χ1v) is 7.23. The number of nitrogens with one attached hydrogen (secondary N) is 1. The molecular formula is C14H19N3O3. The molecule has 2 aliphatic rings. The summed E-state index contributed by atoms with van der Waals surface area (Å²) in [6.07, 6.45) is 7.21. The van der Waals surface area contributed by atoms with Gasteiger partial charge in [-0.2, -0.15) is 5.10 Å². The Labute approximate surface area is 117 Å². The molecule has 1 atom stereocenters. The van der Waals surface area contributed by atoms with Crippen LogP contribution in [0.3, 0.4) is 0 Å². The van der Waals surface area contributed by atoms with Crippen LogP contribution in [0.1, 0.15) is 48.2 Å². The zero-order chi connectivity index (χ0) is 14.1. The predicted molar refractivity (Wildman–Crippen MR) is 71.4 cm³/mol. The molecule has 1 aromatic heterocycles. The molecule has 20 heavy (non-hydrogen) atoms. The van der Waals surface area contributed by atoms with Gasteiger partial charge in [0.25, 0.3) is 5.91 Å². The Morgan fingerprint density at radius 1 is 1.45 bits per heavy atom. The SMILES string of the molecule is O=C(NC(CC1CC1)C(=O)O)c1cnn2c1CCCC2. The third kappa shape index (κ3) is 2.69. The average Bonchev–Trinajstić information content (AvgIpc) is 3.14. The number of hydrogen-bond acceptors (Lipinski definition) is 3. The van der Waals surface area contributed by atoms with Gasteiger partial charge in [0, 0.05) is 6.54 Å². The van der Waals surface area contributed by atoms with E-state index < -0.39 is 12.0 Å². The average molecular weight is 277 g/mol. The number of nitrogens with zero attached hydrogens (tertiary/aromatic N) is 2. The van der Waals surface area contributed by atoms with E-state index in [4.69, 9.17) is 0 Å². The summed E-state index contributed by atoms with van der Waals surface area (Å²) in [6, 6.07) is -0.783. The van der Waals surface area contributed by atoms with Crippen LogP contribution in [-0.2, 0) is 17.8 Å². The van der Waals surface area contributed by atoms with E-state index in [1.54, 1.807) is 6.20 Å². The number of carboxylic acids is 1. The molecule has 1 unspecified atom stereocenters. The number of aromatic nitrogens is 2. The fraction of sp³-hybridized carbons (Fsp3) is 0.643. The normalized spacial score (nSPS) is 19.2. The van der Waals surface area contributed by atoms with Crippen LogP contribution in [0.2, 0.25) is 0 Å². The number of hydrogen-bond donors (Lipinski definition) is 2. The highest BCUT2D eigenvalue weighted by Crippen LogP contribution is 2.33. The Kier molecular flexibility index (Phi) is 3.46. The maximum Gasteiger partial charge on any atom is 0.326 e. The van der Waals surface area contributed by atoms with Gasteiger partial charge in [-0.3, -0.25) is 9.48 Å². The first-order chi connectivity index (χ1) is 9.65. The minimum absolute atomic E-state index is 0.304. The van der Waals surface area contributed by atoms with Gasteiger partial charge in [0.2, 0.25) is 0 Å². The molecule has 1 aliphatic heterocycles. The summed E-state index contributed by atoms with van der Waals surface area (Å²) in [5.74, 6) is -0.801. The Morgan fingerprint density at radius 3 is 2.95 bits per heavy atom. The first-order valence-electron chi connectivity index (χ1n) is 7.23. The topological polar surface area (TPSA) is 84.2 Å². The van der Waals surface area contributed by atoms with Crippen LogP contribution in [0.5, 0.6) is 0 Å². The second-order valence-corrected chi connectivity index (χ2v) is 5.73. The van der Waals surface area contributed by atoms with Gasteiger partial charge in [-0.15, -0.1) is 0 Å². The molecule has 0 radical (unpaired) electrons. The van der Waals surface area contributed by atoms with Crippen LogP contribution in [0.4, 0.5) is 0 Å². The van der Waals surface area contributed by atoms with Gasteiger partial charge in [0.1, 0.15) is 6.04 Å². The Hall–Kier alpha value is -1.85. The largest absolute Gasteiger partial charge is 0.480 e. The van der Waals surface area contributed by atoms with Crippen LogP contribution in [0.15, 0.2) is 6.20 Å². The molecule has 6 heteroatoms. The molecule has 0 bridgehead atoms. The molecule has 108 valence electrons. The van der Waals surface area contributed by atoms with Crippen molar-refractivity contribution in [3.63, 3.8) is 0 Å². The van der Waals surface area contributed by atoms with Crippen LogP contribution in [0, 0.1) is 5.92 Å². The van der Waals surface area contributed by atoms with Gasteiger partial charge in [-0.1, -0.05) is 12.8 Å². The number of aryl methyl sites for hydroxylation is 1. The highest BCUT2D eigenvalue weighted by Gasteiger charge is 2.31. The van der Waals surface area contributed by atoms with Crippen LogP contribution in [-0.4, -0.2) is 32.8 Å². The van der Waals surface area contributed by atoms with Crippen LogP contribution in [0.25, 0.3) is 0 Å². The summed E-state index contributed by atoms with van der Waals surface area (Å²) >= 11 is 0. The van der Waals surface area contributed by atoms with Crippen molar-refractivity contribution in [2.75, 3.05) is 0 Å². The van der Waals surface area contributed by atoms with Crippen molar-refractivity contribution < 1.29 is 14.7 Å². The zero-order valence-electron chi connectivity index (χ0n) is 11.3. The minimum Gasteiger partial charge on any atom is -0.480 e. The number of aliphatic carboxylic acids is 1. The second-order valence-electron chi connectivity index (χ2n) is 5.73. The summed E-state index contributed by atoms with van der Waals surface area (Å²) in [4.78, 5) is 23.5. The van der Waals surface area contributed by atoms with Gasteiger partial charge < -0.3 is 10.4 Å². The summed E-state index contributed by atoms with van der Waals surface area (Å²) in [5, 5.41) is 16.1. The van der Waals surface area contributed by atoms with E-state index in [2.05, 4.69) is 10.4 Å². The van der Waals surface area contributed by atoms with Gasteiger partial charge in [-0.05, 0) is 31.6 Å². The Morgan fingerprint density at radius 2 is 2.25 bits per heavy atom. The number of rotatable bonds is 5. The standard InChI is InChI=1S/C14H19N3O3/c18-13(16-11(14(19)20)7-9-4-5-9)10-8-15-17-6-2-1-3-12(10)17/h8-9,11H,1-7H2,(H,16,18)(H,19,20). The van der Waals surface area contributed by atoms with Crippen LogP contribution < -0.4 is 5.32 Å². The molecule has 1 saturated carbocycles. The maximum absolute atomic E-state index is 12.3. The molecule has 0 saturated heterocycles. The van der Waals surface area contributed by atoms with Crippen LogP contribution >= 0.6 is 0 Å². The second kappa shape index (κ2) is 5.26. The Balaban J connectivity index is 1.71. The molecule has 1 aromatic rings. The molecular weight excluding hydrogens is 258 g/mol. The quantitative estimate of drug-likeness (QED) is 0.847. The number of carboxylic acid groups (broad SMARTS) is 1. The molecule has 1 aliphatic carbocycles. The van der Waals surface area contributed by atoms with Crippen molar-refractivity contribution in [1.82, 2.24) is 15.1 Å². The molecule has 2 heterocycles. The summed E-state index contributed by atoms with van der Waals surface area (Å²) in [5.41, 5.74) is 1.47. The van der Waals surface area contributed by atoms with Gasteiger partial charge in [0.15, 0.2) is 0 Å². The zero-order valence-corrected chi connectivity index (χ0v) is 11.3. The van der Waals surface area contributed by atoms with Crippen molar-refractivity contribution in [3.05, 3.63) is 17.5 Å². The van der Waals surface area contributed by atoms with Gasteiger partial charge in [0.05, 0.1) is 17.5 Å². The monoisotopic (exact) mass is 277 g/mol. The van der Waals surface area contributed by atoms with E-state index in [1.165, 1.54) is 0 Å². The van der Waals surface area contributed by atoms with Crippen molar-refractivity contribution in [1.29, 1.82) is 0 Å². The molecule has 3 rings (SSSR count). The fourth-order valence-corrected chi connectivity index (χ4v) is 2.76. The van der Waals surface area contributed by atoms with E-state index in [1.807, 2.05) is 4.68 Å². The highest BCUT2D eigenvalue weighted by molar-refractivity contribution is 5.97. The number of carbonyl (C=O) groups excluding carboxylic acids is 1. The molecule has 1 fully saturated rings. The summed E-state index contributed by atoms with van der Waals surface area (Å²) < 4.78 is 1.86. The lowest BCUT2D eigenvalue weighted by atomic mass is 10.1. The van der Waals surface area contributed by atoms with Gasteiger partial charge in [-0.25, -0.2) is 4.79 Å². The van der Waals surface area contributed by atoms with E-state index >= 15 is 0 Å². The minimum atomic E-state index is -0.953. The number of amides is 1. The number of fused-ring (bicyclic) bond motifs is 1. The van der Waals surface area contributed by atoms with E-state index in [0.29, 0.717) is 17.9 Å². The lowest BCUT2D eigenvalue weighted by Gasteiger charge is -2.16. The van der Waals surface area contributed by atoms with E-state index in [-0.39, 0.29) is 5.91 Å². The molecule has 0 spiro atoms. The summed E-state index contributed by atoms with van der Waals surface area (Å²) in [6.45, 7) is 0.840. The third-order valence-electron chi connectivity index (χ3n) is 4.10. The fourth-order valence-electron chi connectivity index (χ4n) is 2.76. The smallest absolute Gasteiger partial charge is 0.326 e. The molecule has 1 amide bonds. The first kappa shape index (κ1) is 13.1. The van der Waals surface area contributed by atoms with Crippen molar-refractivity contribution in [3.8, 4) is 0 Å². The van der Waals surface area contributed by atoms with Crippen molar-refractivity contribution in [2.24, 2.45) is 5.92 Å².